The predicted octanol–water partition coefficient (Wildman–Crippen LogP) is 1.14. The van der Waals surface area contributed by atoms with Gasteiger partial charge in [-0.1, -0.05) is 0 Å². The van der Waals surface area contributed by atoms with Gasteiger partial charge in [0.2, 0.25) is 0 Å². The van der Waals surface area contributed by atoms with Crippen molar-refractivity contribution in [3.8, 4) is 11.3 Å². The molecule has 0 bridgehead atoms. The van der Waals surface area contributed by atoms with E-state index in [1.165, 1.54) is 22.7 Å². The van der Waals surface area contributed by atoms with Gasteiger partial charge in [-0.25, -0.2) is 19.7 Å². The van der Waals surface area contributed by atoms with Crippen molar-refractivity contribution in [1.29, 1.82) is 0 Å². The first kappa shape index (κ1) is 12.2. The Balaban J connectivity index is 2.18. The number of amides is 1. The molecular weight excluding hydrogens is 261 g/mol. The summed E-state index contributed by atoms with van der Waals surface area (Å²) in [6.45, 7) is 0. The van der Waals surface area contributed by atoms with Crippen LogP contribution in [0.5, 0.6) is 0 Å². The standard InChI is InChI=1S/C13H10FN5O/c14-9-3-1-8(2-4-9)11-5-6-16-12-7-10(13(20)17-15)18-19(11)12/h1-7H,15H2,(H,17,20). The maximum atomic E-state index is 13.0. The lowest BCUT2D eigenvalue weighted by Crippen LogP contribution is -2.30. The Morgan fingerprint density at radius 1 is 1.25 bits per heavy atom. The van der Waals surface area contributed by atoms with Gasteiger partial charge >= 0.3 is 0 Å². The fraction of sp³-hybridized carbons (Fsp3) is 0. The maximum Gasteiger partial charge on any atom is 0.285 e. The first-order valence-electron chi connectivity index (χ1n) is 5.81. The number of hydrazine groups is 1. The number of aromatic nitrogens is 3. The van der Waals surface area contributed by atoms with Crippen molar-refractivity contribution in [2.75, 3.05) is 0 Å². The summed E-state index contributed by atoms with van der Waals surface area (Å²) in [5, 5.41) is 4.15. The third kappa shape index (κ3) is 1.99. The van der Waals surface area contributed by atoms with Gasteiger partial charge < -0.3 is 0 Å². The van der Waals surface area contributed by atoms with Crippen molar-refractivity contribution in [1.82, 2.24) is 20.0 Å². The van der Waals surface area contributed by atoms with E-state index in [-0.39, 0.29) is 11.5 Å². The molecule has 1 amide bonds. The monoisotopic (exact) mass is 271 g/mol. The topological polar surface area (TPSA) is 85.3 Å². The molecule has 0 aliphatic heterocycles. The molecule has 0 atom stereocenters. The molecule has 7 heteroatoms. The number of hydrogen-bond donors (Lipinski definition) is 2. The van der Waals surface area contributed by atoms with E-state index in [2.05, 4.69) is 10.1 Å². The number of hydrogen-bond acceptors (Lipinski definition) is 4. The molecule has 0 spiro atoms. The molecule has 0 aliphatic carbocycles. The molecule has 20 heavy (non-hydrogen) atoms. The molecule has 0 saturated heterocycles. The summed E-state index contributed by atoms with van der Waals surface area (Å²) >= 11 is 0. The number of benzene rings is 1. The fourth-order valence-corrected chi connectivity index (χ4v) is 1.92. The van der Waals surface area contributed by atoms with E-state index in [0.717, 1.165) is 5.56 Å². The van der Waals surface area contributed by atoms with Crippen LogP contribution in [0.3, 0.4) is 0 Å². The third-order valence-corrected chi connectivity index (χ3v) is 2.86. The Bertz CT molecular complexity index is 781. The molecule has 1 aromatic carbocycles. The number of rotatable bonds is 2. The first-order valence-corrected chi connectivity index (χ1v) is 5.81. The molecular formula is C13H10FN5O. The van der Waals surface area contributed by atoms with Crippen molar-refractivity contribution >= 4 is 11.6 Å². The number of nitrogen functional groups attached to an aromatic ring is 1. The van der Waals surface area contributed by atoms with Crippen molar-refractivity contribution in [3.05, 3.63) is 54.1 Å². The highest BCUT2D eigenvalue weighted by Gasteiger charge is 2.12. The molecule has 100 valence electrons. The highest BCUT2D eigenvalue weighted by atomic mass is 19.1. The number of carbonyl (C=O) groups is 1. The molecule has 2 aromatic heterocycles. The minimum absolute atomic E-state index is 0.162. The summed E-state index contributed by atoms with van der Waals surface area (Å²) in [6, 6.07) is 9.24. The second-order valence-corrected chi connectivity index (χ2v) is 4.11. The van der Waals surface area contributed by atoms with Crippen LogP contribution in [0.15, 0.2) is 42.6 Å². The number of fused-ring (bicyclic) bond motifs is 1. The SMILES string of the molecule is NNC(=O)c1cc2nccc(-c3ccc(F)cc3)n2n1. The van der Waals surface area contributed by atoms with E-state index >= 15 is 0 Å². The van der Waals surface area contributed by atoms with E-state index in [1.807, 2.05) is 5.43 Å². The average molecular weight is 271 g/mol. The normalized spacial score (nSPS) is 10.7. The van der Waals surface area contributed by atoms with E-state index in [4.69, 9.17) is 5.84 Å². The lowest BCUT2D eigenvalue weighted by atomic mass is 10.1. The highest BCUT2D eigenvalue weighted by molar-refractivity contribution is 5.93. The van der Waals surface area contributed by atoms with Crippen molar-refractivity contribution in [3.63, 3.8) is 0 Å². The van der Waals surface area contributed by atoms with Crippen LogP contribution in [-0.4, -0.2) is 20.5 Å². The van der Waals surface area contributed by atoms with Gasteiger partial charge in [-0.3, -0.25) is 10.2 Å². The molecule has 6 nitrogen and oxygen atoms in total. The lowest BCUT2D eigenvalue weighted by molar-refractivity contribution is 0.0948. The minimum atomic E-state index is -0.499. The Morgan fingerprint density at radius 2 is 2.00 bits per heavy atom. The Morgan fingerprint density at radius 3 is 2.70 bits per heavy atom. The molecule has 0 saturated carbocycles. The van der Waals surface area contributed by atoms with Gasteiger partial charge in [0.15, 0.2) is 11.3 Å². The van der Waals surface area contributed by atoms with Crippen LogP contribution < -0.4 is 11.3 Å². The fourth-order valence-electron chi connectivity index (χ4n) is 1.92. The van der Waals surface area contributed by atoms with Crippen LogP contribution in [-0.2, 0) is 0 Å². The van der Waals surface area contributed by atoms with Crippen LogP contribution in [0.1, 0.15) is 10.5 Å². The summed E-state index contributed by atoms with van der Waals surface area (Å²) in [6.07, 6.45) is 1.60. The Kier molecular flexibility index (Phi) is 2.88. The third-order valence-electron chi connectivity index (χ3n) is 2.86. The zero-order chi connectivity index (χ0) is 14.1. The zero-order valence-electron chi connectivity index (χ0n) is 10.2. The number of nitrogens with two attached hydrogens (primary N) is 1. The summed E-state index contributed by atoms with van der Waals surface area (Å²) in [7, 11) is 0. The van der Waals surface area contributed by atoms with Gasteiger partial charge in [-0.15, -0.1) is 0 Å². The molecule has 3 aromatic rings. The first-order chi connectivity index (χ1) is 9.69. The van der Waals surface area contributed by atoms with Crippen LogP contribution in [0.25, 0.3) is 16.9 Å². The van der Waals surface area contributed by atoms with Crippen LogP contribution >= 0.6 is 0 Å². The molecule has 2 heterocycles. The largest absolute Gasteiger partial charge is 0.289 e. The molecule has 0 unspecified atom stereocenters. The molecule has 3 N–H and O–H groups in total. The smallest absolute Gasteiger partial charge is 0.285 e. The van der Waals surface area contributed by atoms with Gasteiger partial charge in [-0.05, 0) is 30.3 Å². The van der Waals surface area contributed by atoms with E-state index in [1.54, 1.807) is 24.4 Å². The zero-order valence-corrected chi connectivity index (χ0v) is 10.2. The molecule has 0 aliphatic rings. The number of halogens is 1. The van der Waals surface area contributed by atoms with E-state index < -0.39 is 5.91 Å². The summed E-state index contributed by atoms with van der Waals surface area (Å²) in [4.78, 5) is 15.6. The summed E-state index contributed by atoms with van der Waals surface area (Å²) in [5.74, 6) is 4.26. The second-order valence-electron chi connectivity index (χ2n) is 4.11. The predicted molar refractivity (Wildman–Crippen MR) is 70.0 cm³/mol. The van der Waals surface area contributed by atoms with Gasteiger partial charge in [0.25, 0.3) is 5.91 Å². The van der Waals surface area contributed by atoms with Gasteiger partial charge in [0.05, 0.1) is 5.69 Å². The number of carbonyl (C=O) groups excluding carboxylic acids is 1. The van der Waals surface area contributed by atoms with Gasteiger partial charge in [0, 0.05) is 17.8 Å². The van der Waals surface area contributed by atoms with Crippen LogP contribution in [0.4, 0.5) is 4.39 Å². The quantitative estimate of drug-likeness (QED) is 0.416. The lowest BCUT2D eigenvalue weighted by Gasteiger charge is -2.04. The summed E-state index contributed by atoms with van der Waals surface area (Å²) < 4.78 is 14.5. The molecule has 0 radical (unpaired) electrons. The highest BCUT2D eigenvalue weighted by Crippen LogP contribution is 2.20. The second kappa shape index (κ2) is 4.71. The van der Waals surface area contributed by atoms with Gasteiger partial charge in [-0.2, -0.15) is 5.10 Å². The van der Waals surface area contributed by atoms with Crippen LogP contribution in [0, 0.1) is 5.82 Å². The average Bonchev–Trinajstić information content (AvgIpc) is 2.91. The minimum Gasteiger partial charge on any atom is -0.289 e. The van der Waals surface area contributed by atoms with Gasteiger partial charge in [0.1, 0.15) is 5.82 Å². The maximum absolute atomic E-state index is 13.0. The van der Waals surface area contributed by atoms with E-state index in [9.17, 15) is 9.18 Å². The number of nitrogens with zero attached hydrogens (tertiary/aromatic N) is 3. The molecule has 3 rings (SSSR count). The molecule has 0 fully saturated rings. The summed E-state index contributed by atoms with van der Waals surface area (Å²) in [5.41, 5.74) is 4.15. The van der Waals surface area contributed by atoms with Crippen molar-refractivity contribution < 1.29 is 9.18 Å². The van der Waals surface area contributed by atoms with E-state index in [0.29, 0.717) is 11.3 Å². The van der Waals surface area contributed by atoms with Crippen molar-refractivity contribution in [2.45, 2.75) is 0 Å². The van der Waals surface area contributed by atoms with Crippen LogP contribution in [0.2, 0.25) is 0 Å². The number of nitrogens with one attached hydrogen (secondary N) is 1. The Hall–Kier alpha value is -2.80. The Labute approximate surface area is 113 Å². The van der Waals surface area contributed by atoms with Crippen molar-refractivity contribution in [2.24, 2.45) is 5.84 Å².